The molecule has 1 N–H and O–H groups in total. The van der Waals surface area contributed by atoms with Gasteiger partial charge in [0.2, 0.25) is 0 Å². The number of hydrogen-bond donors (Lipinski definition) is 1. The molecule has 0 aliphatic carbocycles. The maximum Gasteiger partial charge on any atom is 0.431 e. The maximum absolute atomic E-state index is 12.6. The number of hydrogen-bond acceptors (Lipinski definition) is 4. The molecule has 1 heterocycles. The van der Waals surface area contributed by atoms with Crippen LogP contribution in [0.4, 0.5) is 13.2 Å². The minimum absolute atomic E-state index is 0.273. The van der Waals surface area contributed by atoms with Crippen LogP contribution in [0.5, 0.6) is 0 Å². The second-order valence-corrected chi connectivity index (χ2v) is 6.85. The van der Waals surface area contributed by atoms with E-state index in [0.29, 0.717) is 17.8 Å². The highest BCUT2D eigenvalue weighted by Gasteiger charge is 2.38. The van der Waals surface area contributed by atoms with Crippen LogP contribution < -0.4 is 4.72 Å². The van der Waals surface area contributed by atoms with Crippen molar-refractivity contribution in [2.24, 2.45) is 10.2 Å². The fourth-order valence-corrected chi connectivity index (χ4v) is 3.16. The normalized spacial score (nSPS) is 14.3. The van der Waals surface area contributed by atoms with Gasteiger partial charge >= 0.3 is 6.18 Å². The predicted octanol–water partition coefficient (Wildman–Crippen LogP) is 5.16. The second kappa shape index (κ2) is 8.05. The molecular weight excluding hydrogens is 359 g/mol. The van der Waals surface area contributed by atoms with Crippen molar-refractivity contribution in [2.45, 2.75) is 37.4 Å². The van der Waals surface area contributed by atoms with Gasteiger partial charge in [-0.05, 0) is 47.2 Å². The Morgan fingerprint density at radius 3 is 2.19 bits per heavy atom. The van der Waals surface area contributed by atoms with Crippen molar-refractivity contribution in [3.05, 3.63) is 65.2 Å². The number of nitrogens with one attached hydrogen (secondary N) is 1. The van der Waals surface area contributed by atoms with E-state index >= 15 is 0 Å². The average Bonchev–Trinajstić information content (AvgIpc) is 3.13. The van der Waals surface area contributed by atoms with Gasteiger partial charge in [-0.15, -0.1) is 5.10 Å². The Balaban J connectivity index is 1.50. The van der Waals surface area contributed by atoms with Crippen LogP contribution >= 0.6 is 11.9 Å². The first-order valence-electron chi connectivity index (χ1n) is 8.24. The quantitative estimate of drug-likeness (QED) is 0.706. The van der Waals surface area contributed by atoms with Crippen molar-refractivity contribution in [1.29, 1.82) is 0 Å². The summed E-state index contributed by atoms with van der Waals surface area (Å²) in [6.45, 7) is 2.77. The summed E-state index contributed by atoms with van der Waals surface area (Å²) in [5, 5.41) is 6.91. The third-order valence-corrected chi connectivity index (χ3v) is 4.84. The SMILES string of the molecule is CCc1ccc(SNCc2ccc(C3=NN=C(C(F)(F)F)C3)cc2)cc1. The largest absolute Gasteiger partial charge is 0.431 e. The summed E-state index contributed by atoms with van der Waals surface area (Å²) >= 11 is 1.55. The molecule has 2 aromatic carbocycles. The molecule has 26 heavy (non-hydrogen) atoms. The maximum atomic E-state index is 12.6. The Labute approximate surface area is 154 Å². The van der Waals surface area contributed by atoms with E-state index in [1.54, 1.807) is 24.1 Å². The van der Waals surface area contributed by atoms with Gasteiger partial charge in [-0.3, -0.25) is 4.72 Å². The first-order valence-corrected chi connectivity index (χ1v) is 9.06. The fourth-order valence-electron chi connectivity index (χ4n) is 2.48. The lowest BCUT2D eigenvalue weighted by molar-refractivity contribution is -0.0596. The molecule has 0 saturated heterocycles. The summed E-state index contributed by atoms with van der Waals surface area (Å²) in [6.07, 6.45) is -3.67. The Morgan fingerprint density at radius 1 is 0.962 bits per heavy atom. The van der Waals surface area contributed by atoms with Crippen LogP contribution in [0, 0.1) is 0 Å². The molecule has 7 heteroatoms. The summed E-state index contributed by atoms with van der Waals surface area (Å²) in [6, 6.07) is 15.7. The van der Waals surface area contributed by atoms with Crippen LogP contribution in [0.25, 0.3) is 0 Å². The molecule has 0 aromatic heterocycles. The van der Waals surface area contributed by atoms with Crippen LogP contribution in [0.3, 0.4) is 0 Å². The van der Waals surface area contributed by atoms with Crippen molar-refractivity contribution in [3.63, 3.8) is 0 Å². The summed E-state index contributed by atoms with van der Waals surface area (Å²) in [5.74, 6) is 0. The first kappa shape index (κ1) is 18.7. The Bertz CT molecular complexity index is 809. The van der Waals surface area contributed by atoms with Gasteiger partial charge < -0.3 is 0 Å². The van der Waals surface area contributed by atoms with Crippen molar-refractivity contribution in [1.82, 2.24) is 4.72 Å². The number of benzene rings is 2. The topological polar surface area (TPSA) is 36.8 Å². The van der Waals surface area contributed by atoms with Gasteiger partial charge in [-0.2, -0.15) is 18.3 Å². The van der Waals surface area contributed by atoms with Crippen LogP contribution in [-0.2, 0) is 13.0 Å². The van der Waals surface area contributed by atoms with Gasteiger partial charge in [0.1, 0.15) is 5.71 Å². The summed E-state index contributed by atoms with van der Waals surface area (Å²) < 4.78 is 41.1. The predicted molar refractivity (Wildman–Crippen MR) is 99.6 cm³/mol. The lowest BCUT2D eigenvalue weighted by atomic mass is 10.0. The molecule has 1 aliphatic rings. The van der Waals surface area contributed by atoms with Gasteiger partial charge in [0, 0.05) is 17.9 Å². The highest BCUT2D eigenvalue weighted by molar-refractivity contribution is 7.97. The van der Waals surface area contributed by atoms with E-state index in [0.717, 1.165) is 16.9 Å². The fraction of sp³-hybridized carbons (Fsp3) is 0.263. The number of rotatable bonds is 6. The lowest BCUT2D eigenvalue weighted by Crippen LogP contribution is -2.22. The van der Waals surface area contributed by atoms with Gasteiger partial charge in [-0.25, -0.2) is 0 Å². The summed E-state index contributed by atoms with van der Waals surface area (Å²) in [5.41, 5.74) is 2.52. The van der Waals surface area contributed by atoms with Crippen LogP contribution in [0.2, 0.25) is 0 Å². The molecule has 1 aliphatic heterocycles. The minimum Gasteiger partial charge on any atom is -0.255 e. The van der Waals surface area contributed by atoms with Crippen molar-refractivity contribution < 1.29 is 13.2 Å². The zero-order valence-corrected chi connectivity index (χ0v) is 15.0. The molecule has 0 amide bonds. The van der Waals surface area contributed by atoms with E-state index in [1.807, 2.05) is 12.1 Å². The number of aryl methyl sites for hydroxylation is 1. The number of alkyl halides is 3. The lowest BCUT2D eigenvalue weighted by Gasteiger charge is -2.07. The highest BCUT2D eigenvalue weighted by Crippen LogP contribution is 2.25. The summed E-state index contributed by atoms with van der Waals surface area (Å²) in [4.78, 5) is 1.14. The molecule has 0 fully saturated rings. The van der Waals surface area contributed by atoms with Gasteiger partial charge in [0.05, 0.1) is 5.71 Å². The summed E-state index contributed by atoms with van der Waals surface area (Å²) in [7, 11) is 0. The van der Waals surface area contributed by atoms with E-state index in [-0.39, 0.29) is 6.42 Å². The highest BCUT2D eigenvalue weighted by atomic mass is 32.2. The van der Waals surface area contributed by atoms with Crippen LogP contribution in [0.1, 0.15) is 30.0 Å². The third kappa shape index (κ3) is 4.74. The van der Waals surface area contributed by atoms with Gasteiger partial charge in [-0.1, -0.05) is 43.3 Å². The molecule has 0 atom stereocenters. The standard InChI is InChI=1S/C19H18F3N3S/c1-2-13-5-9-16(10-6-13)26-23-12-14-3-7-15(8-4-14)17-11-18(25-24-17)19(20,21)22/h3-10,23H,2,11-12H2,1H3. The van der Waals surface area contributed by atoms with E-state index in [4.69, 9.17) is 0 Å². The number of nitrogens with zero attached hydrogens (tertiary/aromatic N) is 2. The van der Waals surface area contributed by atoms with E-state index < -0.39 is 11.9 Å². The molecule has 136 valence electrons. The van der Waals surface area contributed by atoms with E-state index in [9.17, 15) is 13.2 Å². The average molecular weight is 377 g/mol. The molecule has 0 saturated carbocycles. The van der Waals surface area contributed by atoms with Crippen LogP contribution in [0.15, 0.2) is 63.6 Å². The molecular formula is C19H18F3N3S. The minimum atomic E-state index is -4.42. The first-order chi connectivity index (χ1) is 12.5. The van der Waals surface area contributed by atoms with Gasteiger partial charge in [0.15, 0.2) is 0 Å². The zero-order valence-electron chi connectivity index (χ0n) is 14.2. The van der Waals surface area contributed by atoms with Crippen molar-refractivity contribution >= 4 is 23.4 Å². The monoisotopic (exact) mass is 377 g/mol. The molecule has 3 nitrogen and oxygen atoms in total. The second-order valence-electron chi connectivity index (χ2n) is 5.89. The van der Waals surface area contributed by atoms with E-state index in [1.165, 1.54) is 5.56 Å². The molecule has 0 bridgehead atoms. The molecule has 2 aromatic rings. The van der Waals surface area contributed by atoms with Crippen molar-refractivity contribution in [3.8, 4) is 0 Å². The van der Waals surface area contributed by atoms with Crippen molar-refractivity contribution in [2.75, 3.05) is 0 Å². The molecule has 0 unspecified atom stereocenters. The smallest absolute Gasteiger partial charge is 0.255 e. The van der Waals surface area contributed by atoms with E-state index in [2.05, 4.69) is 46.1 Å². The number of halogens is 3. The Morgan fingerprint density at radius 2 is 1.62 bits per heavy atom. The molecule has 0 spiro atoms. The Hall–Kier alpha value is -2.12. The molecule has 0 radical (unpaired) electrons. The van der Waals surface area contributed by atoms with Crippen LogP contribution in [-0.4, -0.2) is 17.6 Å². The van der Waals surface area contributed by atoms with Gasteiger partial charge in [0.25, 0.3) is 0 Å². The Kier molecular flexibility index (Phi) is 5.78. The third-order valence-electron chi connectivity index (χ3n) is 4.04. The zero-order chi connectivity index (χ0) is 18.6. The molecule has 3 rings (SSSR count).